The lowest BCUT2D eigenvalue weighted by Gasteiger charge is -2.25. The van der Waals surface area contributed by atoms with Crippen LogP contribution in [0, 0.1) is 5.82 Å². The molecule has 0 saturated carbocycles. The third-order valence-corrected chi connectivity index (χ3v) is 5.13. The van der Waals surface area contributed by atoms with Crippen LogP contribution in [-0.2, 0) is 6.42 Å². The third-order valence-electron chi connectivity index (χ3n) is 4.19. The number of hydrogen-bond donors (Lipinski definition) is 2. The van der Waals surface area contributed by atoms with Crippen molar-refractivity contribution < 1.29 is 9.18 Å². The largest absolute Gasteiger partial charge is 0.347 e. The first-order valence-electron chi connectivity index (χ1n) is 8.10. The third kappa shape index (κ3) is 3.33. The highest BCUT2D eigenvalue weighted by Gasteiger charge is 2.27. The number of fused-ring (bicyclic) bond motifs is 1. The summed E-state index contributed by atoms with van der Waals surface area (Å²) < 4.78 is 14.8. The minimum Gasteiger partial charge on any atom is -0.347 e. The average molecular weight is 356 g/mol. The molecule has 7 heteroatoms. The number of nitrogens with zero attached hydrogens (tertiary/aromatic N) is 2. The van der Waals surface area contributed by atoms with Gasteiger partial charge in [0.15, 0.2) is 0 Å². The highest BCUT2D eigenvalue weighted by molar-refractivity contribution is 7.09. The molecule has 128 valence electrons. The number of halogens is 1. The number of amides is 1. The van der Waals surface area contributed by atoms with Gasteiger partial charge in [-0.25, -0.2) is 9.07 Å². The lowest BCUT2D eigenvalue weighted by molar-refractivity contribution is 0.0901. The van der Waals surface area contributed by atoms with Crippen LogP contribution >= 0.6 is 11.3 Å². The molecule has 4 rings (SSSR count). The van der Waals surface area contributed by atoms with Gasteiger partial charge in [-0.05, 0) is 48.2 Å². The summed E-state index contributed by atoms with van der Waals surface area (Å²) in [5.74, 6) is -0.434. The summed E-state index contributed by atoms with van der Waals surface area (Å²) in [6.45, 7) is 1.28. The van der Waals surface area contributed by atoms with E-state index in [1.165, 1.54) is 17.0 Å². The van der Waals surface area contributed by atoms with E-state index in [2.05, 4.69) is 27.2 Å². The lowest BCUT2D eigenvalue weighted by atomic mass is 10.1. The Morgan fingerprint density at radius 1 is 1.32 bits per heavy atom. The molecule has 1 aromatic carbocycles. The number of nitrogens with one attached hydrogen (secondary N) is 2. The van der Waals surface area contributed by atoms with Gasteiger partial charge in [-0.1, -0.05) is 6.07 Å². The van der Waals surface area contributed by atoms with Gasteiger partial charge >= 0.3 is 0 Å². The van der Waals surface area contributed by atoms with Crippen LogP contribution in [0.5, 0.6) is 0 Å². The van der Waals surface area contributed by atoms with Gasteiger partial charge < -0.3 is 5.32 Å². The van der Waals surface area contributed by atoms with Crippen molar-refractivity contribution in [1.82, 2.24) is 20.4 Å². The second kappa shape index (κ2) is 6.78. The van der Waals surface area contributed by atoms with Gasteiger partial charge in [0.05, 0.1) is 12.2 Å². The molecule has 0 saturated heterocycles. The molecule has 1 aliphatic heterocycles. The number of hydrogen-bond acceptors (Lipinski definition) is 4. The van der Waals surface area contributed by atoms with Crippen molar-refractivity contribution in [2.24, 2.45) is 0 Å². The second-order valence-corrected chi connectivity index (χ2v) is 6.91. The van der Waals surface area contributed by atoms with Gasteiger partial charge in [-0.15, -0.1) is 11.3 Å². The van der Waals surface area contributed by atoms with Crippen molar-refractivity contribution in [2.75, 3.05) is 13.1 Å². The zero-order chi connectivity index (χ0) is 17.2. The Morgan fingerprint density at radius 2 is 2.16 bits per heavy atom. The maximum atomic E-state index is 13.1. The van der Waals surface area contributed by atoms with Crippen LogP contribution in [-0.4, -0.2) is 28.8 Å². The summed E-state index contributed by atoms with van der Waals surface area (Å²) >= 11 is 1.74. The van der Waals surface area contributed by atoms with Gasteiger partial charge in [-0.2, -0.15) is 5.10 Å². The molecule has 3 heterocycles. The first-order valence-corrected chi connectivity index (χ1v) is 8.98. The number of thiophene rings is 1. The Balaban J connectivity index is 1.53. The van der Waals surface area contributed by atoms with E-state index >= 15 is 0 Å². The fourth-order valence-electron chi connectivity index (χ4n) is 2.91. The molecule has 25 heavy (non-hydrogen) atoms. The van der Waals surface area contributed by atoms with E-state index in [9.17, 15) is 9.18 Å². The Hall–Kier alpha value is -2.51. The van der Waals surface area contributed by atoms with Crippen molar-refractivity contribution in [3.63, 3.8) is 0 Å². The number of rotatable bonds is 5. The predicted molar refractivity (Wildman–Crippen MR) is 95.0 cm³/mol. The number of carbonyl (C=O) groups is 1. The fraction of sp³-hybridized carbons (Fsp3) is 0.222. The smallest absolute Gasteiger partial charge is 0.269 e. The maximum absolute atomic E-state index is 13.1. The van der Waals surface area contributed by atoms with E-state index in [-0.39, 0.29) is 17.9 Å². The minimum atomic E-state index is -0.293. The summed E-state index contributed by atoms with van der Waals surface area (Å²) in [4.78, 5) is 13.5. The first-order chi connectivity index (χ1) is 12.2. The van der Waals surface area contributed by atoms with Gasteiger partial charge in [0.2, 0.25) is 0 Å². The molecule has 1 aliphatic rings. The van der Waals surface area contributed by atoms with E-state index in [4.69, 9.17) is 0 Å². The second-order valence-electron chi connectivity index (χ2n) is 5.88. The van der Waals surface area contributed by atoms with E-state index in [1.54, 1.807) is 34.2 Å². The van der Waals surface area contributed by atoms with Gasteiger partial charge in [0, 0.05) is 17.0 Å². The summed E-state index contributed by atoms with van der Waals surface area (Å²) in [5.41, 5.74) is 1.96. The van der Waals surface area contributed by atoms with Crippen LogP contribution in [0.1, 0.15) is 21.5 Å². The van der Waals surface area contributed by atoms with Crippen molar-refractivity contribution >= 4 is 17.2 Å². The number of aromatic nitrogens is 2. The summed E-state index contributed by atoms with van der Waals surface area (Å²) in [6.07, 6.45) is 0.839. The Morgan fingerprint density at radius 3 is 2.92 bits per heavy atom. The van der Waals surface area contributed by atoms with Crippen LogP contribution < -0.4 is 10.6 Å². The summed E-state index contributed by atoms with van der Waals surface area (Å²) in [6, 6.07) is 12.0. The van der Waals surface area contributed by atoms with E-state index in [0.717, 1.165) is 18.5 Å². The number of benzene rings is 1. The van der Waals surface area contributed by atoms with Gasteiger partial charge in [-0.3, -0.25) is 10.1 Å². The van der Waals surface area contributed by atoms with E-state index in [1.807, 2.05) is 6.07 Å². The molecular weight excluding hydrogens is 339 g/mol. The highest BCUT2D eigenvalue weighted by atomic mass is 32.1. The molecule has 1 atom stereocenters. The van der Waals surface area contributed by atoms with Gasteiger partial charge in [0.1, 0.15) is 17.7 Å². The molecule has 3 aromatic rings. The molecule has 0 radical (unpaired) electrons. The van der Waals surface area contributed by atoms with Crippen molar-refractivity contribution in [2.45, 2.75) is 12.6 Å². The standard InChI is InChI=1S/C18H17FN4OS/c19-13-5-3-12(4-6-13)15-10-16-18(24)21-11-17(23(16)22-15)20-8-7-14-2-1-9-25-14/h1-6,9-10,17,20H,7-8,11H2,(H,21,24)/t17-/m1/s1. The molecule has 2 aromatic heterocycles. The fourth-order valence-corrected chi connectivity index (χ4v) is 3.61. The van der Waals surface area contributed by atoms with E-state index in [0.29, 0.717) is 17.9 Å². The Labute approximate surface area is 148 Å². The van der Waals surface area contributed by atoms with Crippen LogP contribution in [0.15, 0.2) is 47.8 Å². The summed E-state index contributed by atoms with van der Waals surface area (Å²) in [5, 5.41) is 13.0. The molecule has 1 amide bonds. The van der Waals surface area contributed by atoms with E-state index < -0.39 is 0 Å². The molecular formula is C18H17FN4OS. The molecule has 5 nitrogen and oxygen atoms in total. The van der Waals surface area contributed by atoms with Crippen molar-refractivity contribution in [1.29, 1.82) is 0 Å². The Kier molecular flexibility index (Phi) is 4.33. The molecule has 0 bridgehead atoms. The van der Waals surface area contributed by atoms with Crippen molar-refractivity contribution in [3.05, 3.63) is 64.2 Å². The van der Waals surface area contributed by atoms with Gasteiger partial charge in [0.25, 0.3) is 5.91 Å². The topological polar surface area (TPSA) is 59.0 Å². The SMILES string of the molecule is O=C1NC[C@H](NCCc2cccs2)n2nc(-c3ccc(F)cc3)cc21. The van der Waals surface area contributed by atoms with Crippen LogP contribution in [0.4, 0.5) is 4.39 Å². The zero-order valence-corrected chi connectivity index (χ0v) is 14.2. The molecule has 0 aliphatic carbocycles. The minimum absolute atomic E-state index is 0.0955. The molecule has 0 unspecified atom stereocenters. The predicted octanol–water partition coefficient (Wildman–Crippen LogP) is 2.83. The molecule has 0 spiro atoms. The average Bonchev–Trinajstić information content (AvgIpc) is 3.28. The Bertz CT molecular complexity index is 873. The molecule has 2 N–H and O–H groups in total. The monoisotopic (exact) mass is 356 g/mol. The lowest BCUT2D eigenvalue weighted by Crippen LogP contribution is -2.45. The summed E-state index contributed by atoms with van der Waals surface area (Å²) in [7, 11) is 0. The normalized spacial score (nSPS) is 16.5. The molecule has 0 fully saturated rings. The first kappa shape index (κ1) is 16.0. The highest BCUT2D eigenvalue weighted by Crippen LogP contribution is 2.23. The van der Waals surface area contributed by atoms with Crippen LogP contribution in [0.25, 0.3) is 11.3 Å². The number of carbonyl (C=O) groups excluding carboxylic acids is 1. The van der Waals surface area contributed by atoms with Crippen LogP contribution in [0.3, 0.4) is 0 Å². The quantitative estimate of drug-likeness (QED) is 0.739. The maximum Gasteiger partial charge on any atom is 0.269 e. The zero-order valence-electron chi connectivity index (χ0n) is 13.4. The van der Waals surface area contributed by atoms with Crippen LogP contribution in [0.2, 0.25) is 0 Å². The van der Waals surface area contributed by atoms with Crippen molar-refractivity contribution in [3.8, 4) is 11.3 Å².